The van der Waals surface area contributed by atoms with Crippen molar-refractivity contribution < 1.29 is 0 Å². The average Bonchev–Trinajstić information content (AvgIpc) is 3.31. The fraction of sp³-hybridized carbons (Fsp3) is 0.509. The molecule has 0 spiro atoms. The zero-order valence-corrected chi connectivity index (χ0v) is 36.6. The fourth-order valence-corrected chi connectivity index (χ4v) is 13.3. The van der Waals surface area contributed by atoms with Gasteiger partial charge in [0.25, 0.3) is 0 Å². The monoisotopic (exact) mass is 798 g/mol. The first kappa shape index (κ1) is 39.9. The Hall–Kier alpha value is -4.24. The summed E-state index contributed by atoms with van der Waals surface area (Å²) < 4.78 is 0. The maximum Gasteiger partial charge on any atom is 0.0577 e. The average molecular weight is 798 g/mol. The molecule has 4 fully saturated rings. The number of hydrogen-bond donors (Lipinski definition) is 1. The molecular formula is C57H71N3. The van der Waals surface area contributed by atoms with Crippen LogP contribution in [0, 0.1) is 29.6 Å². The van der Waals surface area contributed by atoms with E-state index >= 15 is 0 Å². The van der Waals surface area contributed by atoms with Crippen molar-refractivity contribution in [2.45, 2.75) is 153 Å². The van der Waals surface area contributed by atoms with Gasteiger partial charge in [0.1, 0.15) is 0 Å². The minimum absolute atomic E-state index is 0.350. The maximum atomic E-state index is 4.25. The molecule has 6 aliphatic rings. The molecule has 314 valence electrons. The lowest BCUT2D eigenvalue weighted by Gasteiger charge is -2.57. The number of allylic oxidation sites excluding steroid dienone is 2. The number of rotatable bonds is 10. The van der Waals surface area contributed by atoms with Crippen molar-refractivity contribution in [3.63, 3.8) is 0 Å². The summed E-state index contributed by atoms with van der Waals surface area (Å²) in [7, 11) is 0. The molecule has 0 heterocycles. The van der Waals surface area contributed by atoms with Gasteiger partial charge in [-0.05, 0) is 146 Å². The van der Waals surface area contributed by atoms with Crippen molar-refractivity contribution in [3.8, 4) is 0 Å². The first-order valence-corrected chi connectivity index (χ1v) is 24.7. The lowest BCUT2D eigenvalue weighted by Crippen LogP contribution is -2.51. The Balaban J connectivity index is 0.905. The Morgan fingerprint density at radius 3 is 1.75 bits per heavy atom. The van der Waals surface area contributed by atoms with Crippen LogP contribution in [-0.4, -0.2) is 17.0 Å². The van der Waals surface area contributed by atoms with Crippen LogP contribution in [0.25, 0.3) is 12.2 Å². The molecule has 0 amide bonds. The van der Waals surface area contributed by atoms with Gasteiger partial charge in [-0.15, -0.1) is 0 Å². The SMILES string of the molecule is CC1CC=C(N(C2CCCCC2)C2c3ccccc3C(Nc3ccc(/C=C\c4ccc(N(c5ccccc5)C5CCCCC5)cc4)cc3)C3CC4CCCCC4CC32)CC1. The Labute approximate surface area is 362 Å². The minimum Gasteiger partial charge on any atom is -0.378 e. The molecule has 4 saturated carbocycles. The highest BCUT2D eigenvalue weighted by atomic mass is 15.2. The fourth-order valence-electron chi connectivity index (χ4n) is 13.3. The Bertz CT molecular complexity index is 2050. The quantitative estimate of drug-likeness (QED) is 0.161. The molecule has 1 N–H and O–H groups in total. The Morgan fingerprint density at radius 1 is 0.533 bits per heavy atom. The summed E-state index contributed by atoms with van der Waals surface area (Å²) in [6, 6.07) is 41.5. The van der Waals surface area contributed by atoms with Gasteiger partial charge >= 0.3 is 0 Å². The van der Waals surface area contributed by atoms with Crippen molar-refractivity contribution in [2.75, 3.05) is 10.2 Å². The van der Waals surface area contributed by atoms with E-state index in [0.29, 0.717) is 36.0 Å². The van der Waals surface area contributed by atoms with Gasteiger partial charge < -0.3 is 15.1 Å². The van der Waals surface area contributed by atoms with E-state index in [1.165, 1.54) is 150 Å². The summed E-state index contributed by atoms with van der Waals surface area (Å²) in [6.07, 6.45) is 33.2. The molecule has 0 bridgehead atoms. The molecule has 0 aliphatic heterocycles. The van der Waals surface area contributed by atoms with Gasteiger partial charge in [-0.2, -0.15) is 0 Å². The van der Waals surface area contributed by atoms with Crippen LogP contribution in [0.4, 0.5) is 17.1 Å². The van der Waals surface area contributed by atoms with Gasteiger partial charge in [0, 0.05) is 34.8 Å². The molecule has 4 aromatic carbocycles. The number of nitrogens with one attached hydrogen (secondary N) is 1. The highest BCUT2D eigenvalue weighted by Crippen LogP contribution is 2.59. The zero-order chi connectivity index (χ0) is 40.3. The summed E-state index contributed by atoms with van der Waals surface area (Å²) >= 11 is 0. The van der Waals surface area contributed by atoms with Gasteiger partial charge in [0.05, 0.1) is 12.1 Å². The summed E-state index contributed by atoms with van der Waals surface area (Å²) in [6.45, 7) is 2.46. The second kappa shape index (κ2) is 18.4. The lowest BCUT2D eigenvalue weighted by atomic mass is 9.55. The van der Waals surface area contributed by atoms with Crippen LogP contribution < -0.4 is 10.2 Å². The van der Waals surface area contributed by atoms with Crippen molar-refractivity contribution in [1.82, 2.24) is 4.90 Å². The largest absolute Gasteiger partial charge is 0.378 e. The topological polar surface area (TPSA) is 18.5 Å². The third-order valence-electron chi connectivity index (χ3n) is 16.3. The number of benzene rings is 4. The second-order valence-corrected chi connectivity index (χ2v) is 20.1. The predicted octanol–water partition coefficient (Wildman–Crippen LogP) is 15.7. The van der Waals surface area contributed by atoms with Gasteiger partial charge in [-0.25, -0.2) is 0 Å². The van der Waals surface area contributed by atoms with Crippen molar-refractivity contribution in [2.24, 2.45) is 29.6 Å². The van der Waals surface area contributed by atoms with Crippen LogP contribution in [0.1, 0.15) is 163 Å². The first-order valence-electron chi connectivity index (χ1n) is 24.7. The van der Waals surface area contributed by atoms with E-state index < -0.39 is 0 Å². The maximum absolute atomic E-state index is 4.25. The molecule has 0 saturated heterocycles. The van der Waals surface area contributed by atoms with Crippen LogP contribution in [0.3, 0.4) is 0 Å². The van der Waals surface area contributed by atoms with Crippen molar-refractivity contribution in [3.05, 3.63) is 137 Å². The normalized spacial score (nSPS) is 28.6. The zero-order valence-electron chi connectivity index (χ0n) is 36.6. The molecule has 3 heteroatoms. The van der Waals surface area contributed by atoms with E-state index in [0.717, 1.165) is 17.8 Å². The molecule has 10 rings (SSSR count). The molecule has 0 aromatic heterocycles. The molecule has 60 heavy (non-hydrogen) atoms. The van der Waals surface area contributed by atoms with Crippen LogP contribution >= 0.6 is 0 Å². The third-order valence-corrected chi connectivity index (χ3v) is 16.3. The molecule has 6 aliphatic carbocycles. The van der Waals surface area contributed by atoms with Crippen LogP contribution in [0.5, 0.6) is 0 Å². The van der Waals surface area contributed by atoms with Crippen LogP contribution in [0.2, 0.25) is 0 Å². The highest BCUT2D eigenvalue weighted by Gasteiger charge is 2.51. The van der Waals surface area contributed by atoms with E-state index in [-0.39, 0.29) is 0 Å². The molecule has 3 nitrogen and oxygen atoms in total. The van der Waals surface area contributed by atoms with E-state index in [1.54, 1.807) is 16.8 Å². The highest BCUT2D eigenvalue weighted by molar-refractivity contribution is 5.73. The van der Waals surface area contributed by atoms with Crippen LogP contribution in [0.15, 0.2) is 115 Å². The first-order chi connectivity index (χ1) is 29.7. The van der Waals surface area contributed by atoms with Crippen molar-refractivity contribution in [1.29, 1.82) is 0 Å². The van der Waals surface area contributed by atoms with E-state index in [4.69, 9.17) is 0 Å². The van der Waals surface area contributed by atoms with Gasteiger partial charge in [-0.3, -0.25) is 0 Å². The smallest absolute Gasteiger partial charge is 0.0577 e. The Kier molecular flexibility index (Phi) is 12.2. The summed E-state index contributed by atoms with van der Waals surface area (Å²) in [5.74, 6) is 3.95. The van der Waals surface area contributed by atoms with E-state index in [1.807, 2.05) is 0 Å². The van der Waals surface area contributed by atoms with Gasteiger partial charge in [0.2, 0.25) is 0 Å². The second-order valence-electron chi connectivity index (χ2n) is 20.1. The number of anilines is 3. The Morgan fingerprint density at radius 2 is 1.10 bits per heavy atom. The number of hydrogen-bond acceptors (Lipinski definition) is 3. The minimum atomic E-state index is 0.350. The summed E-state index contributed by atoms with van der Waals surface area (Å²) in [5.41, 5.74) is 11.3. The lowest BCUT2D eigenvalue weighted by molar-refractivity contribution is -0.0106. The number of fused-ring (bicyclic) bond motifs is 3. The molecule has 7 unspecified atom stereocenters. The van der Waals surface area contributed by atoms with Gasteiger partial charge in [0.15, 0.2) is 0 Å². The van der Waals surface area contributed by atoms with Crippen LogP contribution in [-0.2, 0) is 0 Å². The standard InChI is InChI=1S/C57H71N3/c1-41-25-35-51(36-26-41)60(49-21-9-4-10-22-49)57-53-24-14-13-23-52(53)56(54-39-44-15-11-12-16-45(44)40-55(54)57)58-46-33-29-42(30-34-46)27-28-43-31-37-50(38-32-43)59(47-17-5-2-6-18-47)48-19-7-3-8-20-48/h2,5-6,13-14,17-18,23-24,27-35,37-38,41,44-45,48-49,54-58H,3-4,7-12,15-16,19-22,25-26,36,39-40H2,1H3/b28-27-. The third kappa shape index (κ3) is 8.49. The predicted molar refractivity (Wildman–Crippen MR) is 254 cm³/mol. The molecule has 7 atom stereocenters. The molecule has 0 radical (unpaired) electrons. The number of nitrogens with zero attached hydrogens (tertiary/aromatic N) is 2. The van der Waals surface area contributed by atoms with Crippen molar-refractivity contribution >= 4 is 29.2 Å². The molecule has 4 aromatic rings. The number of para-hydroxylation sites is 1. The summed E-state index contributed by atoms with van der Waals surface area (Å²) in [4.78, 5) is 5.69. The van der Waals surface area contributed by atoms with E-state index in [2.05, 4.69) is 143 Å². The summed E-state index contributed by atoms with van der Waals surface area (Å²) in [5, 5.41) is 4.25. The molecular weight excluding hydrogens is 727 g/mol. The van der Waals surface area contributed by atoms with E-state index in [9.17, 15) is 0 Å². The van der Waals surface area contributed by atoms with Gasteiger partial charge in [-0.1, -0.05) is 156 Å².